The fraction of sp³-hybridized carbons (Fsp3) is 0.200. The van der Waals surface area contributed by atoms with E-state index in [-0.39, 0.29) is 17.9 Å². The van der Waals surface area contributed by atoms with Gasteiger partial charge in [0.15, 0.2) is 0 Å². The molecule has 5 nitrogen and oxygen atoms in total. The largest absolute Gasteiger partial charge is 0.491 e. The molecule has 0 saturated carbocycles. The van der Waals surface area contributed by atoms with Crippen LogP contribution in [0.3, 0.4) is 0 Å². The Morgan fingerprint density at radius 1 is 0.933 bits per heavy atom. The molecule has 0 aromatic heterocycles. The van der Waals surface area contributed by atoms with Crippen molar-refractivity contribution >= 4 is 23.2 Å². The maximum Gasteiger partial charge on any atom is 0.258 e. The Labute approximate surface area is 177 Å². The van der Waals surface area contributed by atoms with Crippen LogP contribution in [0.4, 0.5) is 11.4 Å². The van der Waals surface area contributed by atoms with Crippen LogP contribution in [-0.4, -0.2) is 25.0 Å². The number of ether oxygens (including phenoxy) is 1. The van der Waals surface area contributed by atoms with Crippen molar-refractivity contribution in [2.75, 3.05) is 17.3 Å². The molecule has 1 N–H and O–H groups in total. The Bertz CT molecular complexity index is 1020. The van der Waals surface area contributed by atoms with Gasteiger partial charge in [-0.25, -0.2) is 0 Å². The van der Waals surface area contributed by atoms with E-state index in [9.17, 15) is 9.59 Å². The number of hydrogen-bond donors (Lipinski definition) is 1. The summed E-state index contributed by atoms with van der Waals surface area (Å²) in [5, 5.41) is 2.86. The number of nitrogens with zero attached hydrogens (tertiary/aromatic N) is 1. The van der Waals surface area contributed by atoms with Gasteiger partial charge >= 0.3 is 0 Å². The number of nitrogens with one attached hydrogen (secondary N) is 1. The van der Waals surface area contributed by atoms with Gasteiger partial charge in [-0.3, -0.25) is 9.59 Å². The molecular formula is C25H26N2O3. The predicted molar refractivity (Wildman–Crippen MR) is 120 cm³/mol. The molecule has 1 atom stereocenters. The van der Waals surface area contributed by atoms with E-state index in [0.717, 1.165) is 12.1 Å². The molecule has 3 rings (SSSR count). The minimum Gasteiger partial charge on any atom is -0.491 e. The molecule has 1 unspecified atom stereocenters. The Morgan fingerprint density at radius 3 is 2.37 bits per heavy atom. The number of hydrogen-bond acceptors (Lipinski definition) is 3. The molecular weight excluding hydrogens is 376 g/mol. The van der Waals surface area contributed by atoms with Crippen molar-refractivity contribution in [2.24, 2.45) is 0 Å². The number of amides is 2. The number of anilines is 2. The third-order valence-corrected chi connectivity index (χ3v) is 4.82. The lowest BCUT2D eigenvalue weighted by atomic mass is 10.1. The molecule has 30 heavy (non-hydrogen) atoms. The first-order valence-corrected chi connectivity index (χ1v) is 9.99. The Hall–Kier alpha value is -3.60. The average Bonchev–Trinajstić information content (AvgIpc) is 2.79. The summed E-state index contributed by atoms with van der Waals surface area (Å²) in [6, 6.07) is 23.4. The fourth-order valence-corrected chi connectivity index (χ4v) is 2.92. The van der Waals surface area contributed by atoms with Crippen LogP contribution >= 0.6 is 0 Å². The molecule has 3 aromatic rings. The number of rotatable bonds is 7. The highest BCUT2D eigenvalue weighted by Crippen LogP contribution is 2.20. The van der Waals surface area contributed by atoms with E-state index < -0.39 is 0 Å². The lowest BCUT2D eigenvalue weighted by Gasteiger charge is -2.18. The SMILES string of the molecule is CCC(C)Oc1cccc(C(=O)Nc2cccc(C(=O)N(C)c3ccccc3)c2)c1. The summed E-state index contributed by atoms with van der Waals surface area (Å²) in [5.41, 5.74) is 2.34. The predicted octanol–water partition coefficient (Wildman–Crippen LogP) is 5.39. The number of benzene rings is 3. The minimum atomic E-state index is -0.259. The van der Waals surface area contributed by atoms with Crippen molar-refractivity contribution in [2.45, 2.75) is 26.4 Å². The van der Waals surface area contributed by atoms with Gasteiger partial charge in [0.25, 0.3) is 11.8 Å². The van der Waals surface area contributed by atoms with Crippen molar-refractivity contribution in [1.29, 1.82) is 0 Å². The molecule has 0 aliphatic heterocycles. The zero-order valence-electron chi connectivity index (χ0n) is 17.5. The molecule has 0 aliphatic rings. The van der Waals surface area contributed by atoms with Crippen LogP contribution in [0, 0.1) is 0 Å². The molecule has 0 fully saturated rings. The summed E-state index contributed by atoms with van der Waals surface area (Å²) in [6.07, 6.45) is 0.960. The quantitative estimate of drug-likeness (QED) is 0.576. The van der Waals surface area contributed by atoms with Gasteiger partial charge in [0.2, 0.25) is 0 Å². The van der Waals surface area contributed by atoms with E-state index in [4.69, 9.17) is 4.74 Å². The molecule has 0 bridgehead atoms. The van der Waals surface area contributed by atoms with Crippen LogP contribution in [0.25, 0.3) is 0 Å². The van der Waals surface area contributed by atoms with Crippen LogP contribution in [0.5, 0.6) is 5.75 Å². The Morgan fingerprint density at radius 2 is 1.63 bits per heavy atom. The van der Waals surface area contributed by atoms with Crippen LogP contribution < -0.4 is 15.0 Å². The van der Waals surface area contributed by atoms with Crippen LogP contribution in [0.15, 0.2) is 78.9 Å². The van der Waals surface area contributed by atoms with E-state index in [1.807, 2.05) is 50.2 Å². The summed E-state index contributed by atoms with van der Waals surface area (Å²) >= 11 is 0. The van der Waals surface area contributed by atoms with E-state index in [2.05, 4.69) is 5.32 Å². The van der Waals surface area contributed by atoms with Crippen LogP contribution in [-0.2, 0) is 0 Å². The first-order valence-electron chi connectivity index (χ1n) is 9.99. The zero-order valence-corrected chi connectivity index (χ0v) is 17.5. The Kier molecular flexibility index (Phi) is 6.86. The molecule has 0 spiro atoms. The summed E-state index contributed by atoms with van der Waals surface area (Å²) in [4.78, 5) is 27.1. The van der Waals surface area contributed by atoms with E-state index in [1.54, 1.807) is 54.4 Å². The highest BCUT2D eigenvalue weighted by molar-refractivity contribution is 6.08. The molecule has 0 saturated heterocycles. The van der Waals surface area contributed by atoms with Gasteiger partial charge in [-0.2, -0.15) is 0 Å². The van der Waals surface area contributed by atoms with Gasteiger partial charge in [0, 0.05) is 29.5 Å². The van der Waals surface area contributed by atoms with Crippen molar-refractivity contribution < 1.29 is 14.3 Å². The maximum absolute atomic E-state index is 12.8. The van der Waals surface area contributed by atoms with Crippen molar-refractivity contribution in [3.05, 3.63) is 90.0 Å². The number of carbonyl (C=O) groups excluding carboxylic acids is 2. The standard InChI is InChI=1S/C25H26N2O3/c1-4-18(2)30-23-15-9-10-19(17-23)24(28)26-21-12-8-11-20(16-21)25(29)27(3)22-13-6-5-7-14-22/h5-18H,4H2,1-3H3,(H,26,28). The van der Waals surface area contributed by atoms with Crippen molar-refractivity contribution in [3.8, 4) is 5.75 Å². The van der Waals surface area contributed by atoms with Crippen LogP contribution in [0.2, 0.25) is 0 Å². The molecule has 5 heteroatoms. The smallest absolute Gasteiger partial charge is 0.258 e. The first kappa shape index (κ1) is 21.1. The summed E-state index contributed by atoms with van der Waals surface area (Å²) in [7, 11) is 1.73. The average molecular weight is 402 g/mol. The number of para-hydroxylation sites is 1. The monoisotopic (exact) mass is 402 g/mol. The second-order valence-electron chi connectivity index (χ2n) is 7.10. The number of carbonyl (C=O) groups is 2. The van der Waals surface area contributed by atoms with Gasteiger partial charge in [-0.05, 0) is 61.9 Å². The molecule has 0 aliphatic carbocycles. The second kappa shape index (κ2) is 9.74. The highest BCUT2D eigenvalue weighted by atomic mass is 16.5. The Balaban J connectivity index is 1.73. The van der Waals surface area contributed by atoms with Gasteiger partial charge in [-0.1, -0.05) is 37.3 Å². The van der Waals surface area contributed by atoms with E-state index in [1.165, 1.54) is 0 Å². The van der Waals surface area contributed by atoms with E-state index >= 15 is 0 Å². The lowest BCUT2D eigenvalue weighted by molar-refractivity contribution is 0.0990. The third kappa shape index (κ3) is 5.26. The summed E-state index contributed by atoms with van der Waals surface area (Å²) in [6.45, 7) is 4.03. The normalized spacial score (nSPS) is 11.4. The minimum absolute atomic E-state index is 0.0765. The molecule has 0 radical (unpaired) electrons. The van der Waals surface area contributed by atoms with Gasteiger partial charge < -0.3 is 15.0 Å². The van der Waals surface area contributed by atoms with Gasteiger partial charge in [0.1, 0.15) is 5.75 Å². The van der Waals surface area contributed by atoms with Crippen molar-refractivity contribution in [1.82, 2.24) is 0 Å². The lowest BCUT2D eigenvalue weighted by Crippen LogP contribution is -2.26. The van der Waals surface area contributed by atoms with Gasteiger partial charge in [0.05, 0.1) is 6.10 Å². The van der Waals surface area contributed by atoms with E-state index in [0.29, 0.717) is 22.6 Å². The zero-order chi connectivity index (χ0) is 21.5. The molecule has 2 amide bonds. The molecule has 154 valence electrons. The maximum atomic E-state index is 12.8. The summed E-state index contributed by atoms with van der Waals surface area (Å²) in [5.74, 6) is 0.247. The summed E-state index contributed by atoms with van der Waals surface area (Å²) < 4.78 is 5.79. The van der Waals surface area contributed by atoms with Crippen molar-refractivity contribution in [3.63, 3.8) is 0 Å². The fourth-order valence-electron chi connectivity index (χ4n) is 2.92. The topological polar surface area (TPSA) is 58.6 Å². The third-order valence-electron chi connectivity index (χ3n) is 4.82. The first-order chi connectivity index (χ1) is 14.5. The second-order valence-corrected chi connectivity index (χ2v) is 7.10. The molecule has 0 heterocycles. The van der Waals surface area contributed by atoms with Gasteiger partial charge in [-0.15, -0.1) is 0 Å². The highest BCUT2D eigenvalue weighted by Gasteiger charge is 2.15. The molecule has 3 aromatic carbocycles. The van der Waals surface area contributed by atoms with Crippen LogP contribution in [0.1, 0.15) is 41.0 Å².